The van der Waals surface area contributed by atoms with Gasteiger partial charge in [0.15, 0.2) is 5.82 Å². The zero-order chi connectivity index (χ0) is 17.8. The number of hydrogen-bond donors (Lipinski definition) is 2. The van der Waals surface area contributed by atoms with E-state index in [1.165, 1.54) is 13.3 Å². The molecule has 1 amide bonds. The maximum atomic E-state index is 14.5. The normalized spacial score (nSPS) is 15.4. The zero-order valence-electron chi connectivity index (χ0n) is 13.9. The lowest BCUT2D eigenvalue weighted by Crippen LogP contribution is -2.48. The molecule has 2 N–H and O–H groups in total. The molecule has 0 unspecified atom stereocenters. The molecule has 3 rings (SSSR count). The fraction of sp³-hybridized carbons (Fsp3) is 0.438. The number of carboxylic acid groups (broad SMARTS) is 1. The van der Waals surface area contributed by atoms with Crippen LogP contribution in [0.2, 0.25) is 0 Å². The van der Waals surface area contributed by atoms with Crippen LogP contribution in [0.15, 0.2) is 18.3 Å². The number of rotatable bonds is 5. The summed E-state index contributed by atoms with van der Waals surface area (Å²) in [6.07, 6.45) is 0.193. The first-order valence-corrected chi connectivity index (χ1v) is 8.02. The molecule has 0 atom stereocenters. The molecule has 8 nitrogen and oxygen atoms in total. The molecule has 25 heavy (non-hydrogen) atoms. The summed E-state index contributed by atoms with van der Waals surface area (Å²) in [5.41, 5.74) is 1.54. The van der Waals surface area contributed by atoms with Gasteiger partial charge in [-0.1, -0.05) is 0 Å². The predicted octanol–water partition coefficient (Wildman–Crippen LogP) is 1.17. The first-order chi connectivity index (χ1) is 12.1. The summed E-state index contributed by atoms with van der Waals surface area (Å²) in [6.45, 7) is 3.69. The predicted molar refractivity (Wildman–Crippen MR) is 90.7 cm³/mol. The highest BCUT2D eigenvalue weighted by Gasteiger charge is 2.22. The van der Waals surface area contributed by atoms with Crippen molar-refractivity contribution >= 4 is 22.8 Å². The van der Waals surface area contributed by atoms with Crippen LogP contribution < -0.4 is 15.0 Å². The lowest BCUT2D eigenvalue weighted by molar-refractivity contribution is 0.190. The Bertz CT molecular complexity index is 765. The van der Waals surface area contributed by atoms with Crippen molar-refractivity contribution in [2.24, 2.45) is 0 Å². The number of fused-ring (bicyclic) bond motifs is 1. The van der Waals surface area contributed by atoms with Crippen molar-refractivity contribution in [2.75, 3.05) is 51.3 Å². The molecule has 1 saturated heterocycles. The SMILES string of the molecule is COc1ccc2ncc(F)c(N3CCN(CCNC(=O)O)CC3)c2n1. The topological polar surface area (TPSA) is 90.8 Å². The highest BCUT2D eigenvalue weighted by atomic mass is 19.1. The van der Waals surface area contributed by atoms with Gasteiger partial charge >= 0.3 is 6.09 Å². The lowest BCUT2D eigenvalue weighted by atomic mass is 10.2. The van der Waals surface area contributed by atoms with Crippen LogP contribution in [0.5, 0.6) is 5.88 Å². The summed E-state index contributed by atoms with van der Waals surface area (Å²) in [6, 6.07) is 3.46. The molecule has 0 saturated carbocycles. The summed E-state index contributed by atoms with van der Waals surface area (Å²) in [5.74, 6) is 0.00813. The van der Waals surface area contributed by atoms with Gasteiger partial charge in [0.2, 0.25) is 5.88 Å². The summed E-state index contributed by atoms with van der Waals surface area (Å²) in [5, 5.41) is 11.0. The Labute approximate surface area is 144 Å². The van der Waals surface area contributed by atoms with Crippen molar-refractivity contribution in [3.63, 3.8) is 0 Å². The molecule has 1 aliphatic heterocycles. The number of pyridine rings is 2. The summed E-state index contributed by atoms with van der Waals surface area (Å²) in [7, 11) is 1.52. The van der Waals surface area contributed by atoms with Crippen LogP contribution in [0, 0.1) is 5.82 Å². The number of halogens is 1. The van der Waals surface area contributed by atoms with Crippen LogP contribution in [-0.4, -0.2) is 72.4 Å². The third-order valence-electron chi connectivity index (χ3n) is 4.22. The van der Waals surface area contributed by atoms with E-state index in [0.717, 1.165) is 0 Å². The van der Waals surface area contributed by atoms with Gasteiger partial charge in [-0.3, -0.25) is 9.88 Å². The number of ether oxygens (including phenoxy) is 1. The largest absolute Gasteiger partial charge is 0.481 e. The smallest absolute Gasteiger partial charge is 0.404 e. The van der Waals surface area contributed by atoms with Crippen LogP contribution in [0.3, 0.4) is 0 Å². The molecule has 9 heteroatoms. The minimum atomic E-state index is -1.02. The van der Waals surface area contributed by atoms with E-state index in [4.69, 9.17) is 9.84 Å². The Kier molecular flexibility index (Phi) is 5.13. The quantitative estimate of drug-likeness (QED) is 0.837. The maximum absolute atomic E-state index is 14.5. The van der Waals surface area contributed by atoms with Crippen molar-refractivity contribution in [3.8, 4) is 5.88 Å². The number of piperazine rings is 1. The van der Waals surface area contributed by atoms with E-state index < -0.39 is 11.9 Å². The van der Waals surface area contributed by atoms with Gasteiger partial charge in [-0.2, -0.15) is 0 Å². The van der Waals surface area contributed by atoms with Gasteiger partial charge in [0.25, 0.3) is 0 Å². The Morgan fingerprint density at radius 3 is 2.80 bits per heavy atom. The molecule has 0 bridgehead atoms. The second-order valence-electron chi connectivity index (χ2n) is 5.74. The van der Waals surface area contributed by atoms with Crippen molar-refractivity contribution in [2.45, 2.75) is 0 Å². The first kappa shape index (κ1) is 17.2. The van der Waals surface area contributed by atoms with Crippen LogP contribution in [0.1, 0.15) is 0 Å². The molecule has 0 aromatic carbocycles. The van der Waals surface area contributed by atoms with E-state index in [1.54, 1.807) is 12.1 Å². The molecule has 3 heterocycles. The number of aromatic nitrogens is 2. The van der Waals surface area contributed by atoms with E-state index >= 15 is 0 Å². The molecule has 1 fully saturated rings. The number of carbonyl (C=O) groups is 1. The molecule has 2 aromatic heterocycles. The number of nitrogens with one attached hydrogen (secondary N) is 1. The number of amides is 1. The second-order valence-corrected chi connectivity index (χ2v) is 5.74. The van der Waals surface area contributed by atoms with Gasteiger partial charge < -0.3 is 20.1 Å². The van der Waals surface area contributed by atoms with Gasteiger partial charge in [0.1, 0.15) is 11.2 Å². The fourth-order valence-electron chi connectivity index (χ4n) is 2.94. The maximum Gasteiger partial charge on any atom is 0.404 e. The van der Waals surface area contributed by atoms with Crippen LogP contribution >= 0.6 is 0 Å². The van der Waals surface area contributed by atoms with Crippen molar-refractivity contribution in [1.29, 1.82) is 0 Å². The first-order valence-electron chi connectivity index (χ1n) is 8.02. The fourth-order valence-corrected chi connectivity index (χ4v) is 2.94. The van der Waals surface area contributed by atoms with Gasteiger partial charge in [-0.25, -0.2) is 14.2 Å². The van der Waals surface area contributed by atoms with E-state index in [2.05, 4.69) is 20.2 Å². The number of nitrogens with zero attached hydrogens (tertiary/aromatic N) is 4. The van der Waals surface area contributed by atoms with Gasteiger partial charge in [-0.05, 0) is 6.07 Å². The molecule has 134 valence electrons. The van der Waals surface area contributed by atoms with Gasteiger partial charge in [0, 0.05) is 45.3 Å². The van der Waals surface area contributed by atoms with E-state index in [1.807, 2.05) is 4.90 Å². The number of methoxy groups -OCH3 is 1. The monoisotopic (exact) mass is 349 g/mol. The molecule has 0 aliphatic carbocycles. The lowest BCUT2D eigenvalue weighted by Gasteiger charge is -2.36. The summed E-state index contributed by atoms with van der Waals surface area (Å²) in [4.78, 5) is 23.0. The summed E-state index contributed by atoms with van der Waals surface area (Å²) >= 11 is 0. The third-order valence-corrected chi connectivity index (χ3v) is 4.22. The van der Waals surface area contributed by atoms with Crippen molar-refractivity contribution < 1.29 is 19.0 Å². The van der Waals surface area contributed by atoms with E-state index in [9.17, 15) is 9.18 Å². The number of anilines is 1. The Morgan fingerprint density at radius 2 is 2.12 bits per heavy atom. The molecule has 0 spiro atoms. The molecule has 0 radical (unpaired) electrons. The summed E-state index contributed by atoms with van der Waals surface area (Å²) < 4.78 is 19.6. The standard InChI is InChI=1S/C16H20FN5O3/c1-25-13-3-2-12-14(20-13)15(11(17)10-19-12)22-8-6-21(7-9-22)5-4-18-16(23)24/h2-3,10,18H,4-9H2,1H3,(H,23,24). The van der Waals surface area contributed by atoms with Crippen LogP contribution in [-0.2, 0) is 0 Å². The molecular formula is C16H20FN5O3. The Morgan fingerprint density at radius 1 is 1.36 bits per heavy atom. The molecule has 2 aromatic rings. The minimum Gasteiger partial charge on any atom is -0.481 e. The Balaban J connectivity index is 1.74. The second kappa shape index (κ2) is 7.47. The third kappa shape index (κ3) is 3.87. The van der Waals surface area contributed by atoms with Crippen LogP contribution in [0.4, 0.5) is 14.9 Å². The average Bonchev–Trinajstić information content (AvgIpc) is 2.61. The Hall–Kier alpha value is -2.68. The highest BCUT2D eigenvalue weighted by molar-refractivity contribution is 5.88. The van der Waals surface area contributed by atoms with Crippen molar-refractivity contribution in [1.82, 2.24) is 20.2 Å². The zero-order valence-corrected chi connectivity index (χ0v) is 13.9. The van der Waals surface area contributed by atoms with E-state index in [0.29, 0.717) is 61.9 Å². The molecule has 1 aliphatic rings. The number of hydrogen-bond acceptors (Lipinski definition) is 6. The van der Waals surface area contributed by atoms with Gasteiger partial charge in [-0.15, -0.1) is 0 Å². The molecular weight excluding hydrogens is 329 g/mol. The van der Waals surface area contributed by atoms with Crippen molar-refractivity contribution in [3.05, 3.63) is 24.1 Å². The average molecular weight is 349 g/mol. The van der Waals surface area contributed by atoms with E-state index in [-0.39, 0.29) is 0 Å². The minimum absolute atomic E-state index is 0.376. The van der Waals surface area contributed by atoms with Crippen LogP contribution in [0.25, 0.3) is 11.0 Å². The van der Waals surface area contributed by atoms with Gasteiger partial charge in [0.05, 0.1) is 18.8 Å². The highest BCUT2D eigenvalue weighted by Crippen LogP contribution is 2.29.